The molecule has 0 aliphatic rings. The minimum atomic E-state index is -1.10. The lowest BCUT2D eigenvalue weighted by molar-refractivity contribution is -0.140. The Bertz CT molecular complexity index is 140. The minimum Gasteiger partial charge on any atom is -0.480 e. The van der Waals surface area contributed by atoms with Crippen molar-refractivity contribution in [2.75, 3.05) is 6.61 Å². The van der Waals surface area contributed by atoms with E-state index in [1.807, 2.05) is 0 Å². The van der Waals surface area contributed by atoms with Gasteiger partial charge in [0.15, 0.2) is 0 Å². The summed E-state index contributed by atoms with van der Waals surface area (Å²) in [6.07, 6.45) is 0. The van der Waals surface area contributed by atoms with E-state index >= 15 is 0 Å². The van der Waals surface area contributed by atoms with Gasteiger partial charge in [-0.3, -0.25) is 4.79 Å². The number of carbonyl (C=O) groups is 1. The summed E-state index contributed by atoms with van der Waals surface area (Å²) < 4.78 is 0. The van der Waals surface area contributed by atoms with Gasteiger partial charge in [0, 0.05) is 6.04 Å². The molecule has 0 bridgehead atoms. The Labute approximate surface area is 65.0 Å². The first-order valence-electron chi connectivity index (χ1n) is 3.35. The Morgan fingerprint density at radius 3 is 2.27 bits per heavy atom. The average Bonchev–Trinajstić information content (AvgIpc) is 2.00. The van der Waals surface area contributed by atoms with Crippen LogP contribution < -0.4 is 11.5 Å². The van der Waals surface area contributed by atoms with E-state index in [0.29, 0.717) is 0 Å². The Kier molecular flexibility index (Phi) is 4.02. The Hall–Kier alpha value is -0.650. The molecule has 0 unspecified atom stereocenters. The standard InChI is InChI=1S/C6H14N2O3/c1-3(4(7)2-9)5(8)6(10)11/h3-5,9H,2,7-8H2,1H3,(H,10,11)/t3-,4+,5+/m1/s1. The van der Waals surface area contributed by atoms with Gasteiger partial charge in [-0.15, -0.1) is 0 Å². The second kappa shape index (κ2) is 4.27. The molecule has 6 N–H and O–H groups in total. The van der Waals surface area contributed by atoms with Gasteiger partial charge in [-0.05, 0) is 5.92 Å². The molecular weight excluding hydrogens is 148 g/mol. The molecule has 0 spiro atoms. The molecule has 0 aliphatic carbocycles. The average molecular weight is 162 g/mol. The summed E-state index contributed by atoms with van der Waals surface area (Å²) in [7, 11) is 0. The molecule has 0 saturated carbocycles. The molecule has 0 aromatic heterocycles. The number of hydrogen-bond acceptors (Lipinski definition) is 4. The van der Waals surface area contributed by atoms with Crippen molar-refractivity contribution in [2.24, 2.45) is 17.4 Å². The van der Waals surface area contributed by atoms with Crippen molar-refractivity contribution in [1.82, 2.24) is 0 Å². The van der Waals surface area contributed by atoms with E-state index < -0.39 is 24.0 Å². The van der Waals surface area contributed by atoms with E-state index in [-0.39, 0.29) is 6.61 Å². The zero-order valence-corrected chi connectivity index (χ0v) is 6.40. The fraction of sp³-hybridized carbons (Fsp3) is 0.833. The number of aliphatic hydroxyl groups excluding tert-OH is 1. The van der Waals surface area contributed by atoms with Crippen molar-refractivity contribution in [1.29, 1.82) is 0 Å². The summed E-state index contributed by atoms with van der Waals surface area (Å²) in [5.41, 5.74) is 10.6. The Balaban J connectivity index is 4.00. The van der Waals surface area contributed by atoms with Crippen LogP contribution in [0.3, 0.4) is 0 Å². The predicted octanol–water partition coefficient (Wildman–Crippen LogP) is -1.65. The van der Waals surface area contributed by atoms with E-state index in [1.165, 1.54) is 0 Å². The van der Waals surface area contributed by atoms with Crippen LogP contribution in [0.1, 0.15) is 6.92 Å². The van der Waals surface area contributed by atoms with E-state index in [1.54, 1.807) is 6.92 Å². The number of rotatable bonds is 4. The lowest BCUT2D eigenvalue weighted by Crippen LogP contribution is -2.47. The zero-order chi connectivity index (χ0) is 9.02. The summed E-state index contributed by atoms with van der Waals surface area (Å²) in [5, 5.41) is 17.0. The molecule has 11 heavy (non-hydrogen) atoms. The third-order valence-corrected chi connectivity index (χ3v) is 1.74. The quantitative estimate of drug-likeness (QED) is 0.396. The molecule has 0 aliphatic heterocycles. The molecule has 0 saturated heterocycles. The van der Waals surface area contributed by atoms with E-state index in [0.717, 1.165) is 0 Å². The number of nitrogens with two attached hydrogens (primary N) is 2. The molecule has 0 amide bonds. The van der Waals surface area contributed by atoms with Crippen molar-refractivity contribution < 1.29 is 15.0 Å². The van der Waals surface area contributed by atoms with Crippen LogP contribution in [0.4, 0.5) is 0 Å². The number of carboxylic acid groups (broad SMARTS) is 1. The van der Waals surface area contributed by atoms with Gasteiger partial charge in [0.05, 0.1) is 6.61 Å². The molecule has 3 atom stereocenters. The first kappa shape index (κ1) is 10.3. The first-order chi connectivity index (χ1) is 5.00. The maximum absolute atomic E-state index is 10.3. The highest BCUT2D eigenvalue weighted by Gasteiger charge is 2.24. The summed E-state index contributed by atoms with van der Waals surface area (Å²) >= 11 is 0. The van der Waals surface area contributed by atoms with Gasteiger partial charge in [0.25, 0.3) is 0 Å². The maximum atomic E-state index is 10.3. The van der Waals surface area contributed by atoms with E-state index in [2.05, 4.69) is 0 Å². The van der Waals surface area contributed by atoms with Crippen LogP contribution in [0, 0.1) is 5.92 Å². The van der Waals surface area contributed by atoms with Crippen molar-refractivity contribution in [3.8, 4) is 0 Å². The fourth-order valence-corrected chi connectivity index (χ4v) is 0.657. The van der Waals surface area contributed by atoms with Crippen LogP contribution in [0.15, 0.2) is 0 Å². The van der Waals surface area contributed by atoms with Crippen LogP contribution in [-0.4, -0.2) is 34.9 Å². The fourth-order valence-electron chi connectivity index (χ4n) is 0.657. The number of aliphatic hydroxyl groups is 1. The Morgan fingerprint density at radius 1 is 1.55 bits per heavy atom. The molecule has 0 rings (SSSR count). The summed E-state index contributed by atoms with van der Waals surface area (Å²) in [6, 6.07) is -1.57. The lowest BCUT2D eigenvalue weighted by atomic mass is 9.95. The highest BCUT2D eigenvalue weighted by molar-refractivity contribution is 5.73. The van der Waals surface area contributed by atoms with Gasteiger partial charge in [-0.2, -0.15) is 0 Å². The highest BCUT2D eigenvalue weighted by Crippen LogP contribution is 2.04. The minimum absolute atomic E-state index is 0.248. The second-order valence-corrected chi connectivity index (χ2v) is 2.57. The van der Waals surface area contributed by atoms with Crippen LogP contribution in [0.25, 0.3) is 0 Å². The van der Waals surface area contributed by atoms with Crippen LogP contribution in [-0.2, 0) is 4.79 Å². The molecule has 0 aromatic carbocycles. The normalized spacial score (nSPS) is 18.9. The first-order valence-corrected chi connectivity index (χ1v) is 3.35. The van der Waals surface area contributed by atoms with Crippen LogP contribution in [0.5, 0.6) is 0 Å². The smallest absolute Gasteiger partial charge is 0.320 e. The molecule has 66 valence electrons. The third-order valence-electron chi connectivity index (χ3n) is 1.74. The molecule has 0 fully saturated rings. The van der Waals surface area contributed by atoms with Gasteiger partial charge in [0.1, 0.15) is 6.04 Å². The third kappa shape index (κ3) is 2.83. The van der Waals surface area contributed by atoms with Crippen molar-refractivity contribution in [3.05, 3.63) is 0 Å². The summed E-state index contributed by atoms with van der Waals surface area (Å²) in [5.74, 6) is -1.51. The molecule has 0 aromatic rings. The summed E-state index contributed by atoms with van der Waals surface area (Å²) in [6.45, 7) is 1.35. The van der Waals surface area contributed by atoms with Crippen LogP contribution in [0.2, 0.25) is 0 Å². The predicted molar refractivity (Wildman–Crippen MR) is 39.8 cm³/mol. The summed E-state index contributed by atoms with van der Waals surface area (Å²) in [4.78, 5) is 10.3. The molecule has 0 heterocycles. The van der Waals surface area contributed by atoms with Crippen LogP contribution >= 0.6 is 0 Å². The lowest BCUT2D eigenvalue weighted by Gasteiger charge is -2.20. The molecular formula is C6H14N2O3. The van der Waals surface area contributed by atoms with E-state index in [4.69, 9.17) is 21.7 Å². The van der Waals surface area contributed by atoms with Crippen molar-refractivity contribution >= 4 is 5.97 Å². The molecule has 5 heteroatoms. The number of hydrogen-bond donors (Lipinski definition) is 4. The van der Waals surface area contributed by atoms with Gasteiger partial charge < -0.3 is 21.7 Å². The van der Waals surface area contributed by atoms with Crippen molar-refractivity contribution in [3.63, 3.8) is 0 Å². The Morgan fingerprint density at radius 2 is 2.00 bits per heavy atom. The van der Waals surface area contributed by atoms with E-state index in [9.17, 15) is 4.79 Å². The van der Waals surface area contributed by atoms with Gasteiger partial charge in [-0.25, -0.2) is 0 Å². The van der Waals surface area contributed by atoms with Gasteiger partial charge in [-0.1, -0.05) is 6.92 Å². The number of carboxylic acids is 1. The largest absolute Gasteiger partial charge is 0.480 e. The second-order valence-electron chi connectivity index (χ2n) is 2.57. The maximum Gasteiger partial charge on any atom is 0.320 e. The van der Waals surface area contributed by atoms with Gasteiger partial charge >= 0.3 is 5.97 Å². The SMILES string of the molecule is C[C@@H]([C@H](N)C(=O)O)[C@@H](N)CO. The van der Waals surface area contributed by atoms with Crippen molar-refractivity contribution in [2.45, 2.75) is 19.0 Å². The zero-order valence-electron chi connectivity index (χ0n) is 6.40. The highest BCUT2D eigenvalue weighted by atomic mass is 16.4. The number of aliphatic carboxylic acids is 1. The topological polar surface area (TPSA) is 110 Å². The monoisotopic (exact) mass is 162 g/mol. The molecule has 5 nitrogen and oxygen atoms in total. The van der Waals surface area contributed by atoms with Gasteiger partial charge in [0.2, 0.25) is 0 Å². The molecule has 0 radical (unpaired) electrons.